The molecule has 0 spiro atoms. The number of Topliss-reactive ketones (excluding diaryl/α,β-unsaturated/α-hetero) is 2. The van der Waals surface area contributed by atoms with E-state index < -0.39 is 34.9 Å². The zero-order valence-electron chi connectivity index (χ0n) is 15.9. The van der Waals surface area contributed by atoms with Crippen molar-refractivity contribution in [1.29, 1.82) is 0 Å². The van der Waals surface area contributed by atoms with E-state index in [1.807, 2.05) is 6.92 Å². The number of rotatable bonds is 2. The SMILES string of the molecule is C[C@]12CCC(=O)C=C1[C@@H](O)C[C@@H]1[C@H]2C(=O)C[C@@]2(C)[C@@H]1CC[C@]2(O)C(=O)CO. The van der Waals surface area contributed by atoms with Crippen LogP contribution in [-0.4, -0.2) is 51.0 Å². The minimum Gasteiger partial charge on any atom is -0.389 e. The van der Waals surface area contributed by atoms with Gasteiger partial charge in [0.2, 0.25) is 0 Å². The molecule has 6 nitrogen and oxygen atoms in total. The van der Waals surface area contributed by atoms with Crippen LogP contribution in [0, 0.1) is 28.6 Å². The van der Waals surface area contributed by atoms with E-state index >= 15 is 0 Å². The van der Waals surface area contributed by atoms with Gasteiger partial charge in [-0.05, 0) is 49.2 Å². The van der Waals surface area contributed by atoms with E-state index in [1.165, 1.54) is 6.08 Å². The second-order valence-corrected chi connectivity index (χ2v) is 9.52. The van der Waals surface area contributed by atoms with Crippen LogP contribution in [-0.2, 0) is 14.4 Å². The number of aliphatic hydroxyl groups excluding tert-OH is 2. The Morgan fingerprint density at radius 3 is 2.63 bits per heavy atom. The Morgan fingerprint density at radius 1 is 1.26 bits per heavy atom. The molecule has 0 radical (unpaired) electrons. The first kappa shape index (κ1) is 19.0. The molecule has 148 valence electrons. The van der Waals surface area contributed by atoms with Gasteiger partial charge >= 0.3 is 0 Å². The summed E-state index contributed by atoms with van der Waals surface area (Å²) in [6.45, 7) is 3.03. The quantitative estimate of drug-likeness (QED) is 0.662. The highest BCUT2D eigenvalue weighted by Gasteiger charge is 2.69. The Bertz CT molecular complexity index is 756. The maximum Gasteiger partial charge on any atom is 0.190 e. The summed E-state index contributed by atoms with van der Waals surface area (Å²) in [6, 6.07) is 0. The zero-order chi connectivity index (χ0) is 19.8. The molecule has 7 atom stereocenters. The summed E-state index contributed by atoms with van der Waals surface area (Å²) < 4.78 is 0. The minimum absolute atomic E-state index is 0.000497. The molecule has 0 bridgehead atoms. The van der Waals surface area contributed by atoms with Crippen molar-refractivity contribution in [2.75, 3.05) is 6.61 Å². The van der Waals surface area contributed by atoms with Gasteiger partial charge in [-0.2, -0.15) is 0 Å². The van der Waals surface area contributed by atoms with Crippen molar-refractivity contribution in [1.82, 2.24) is 0 Å². The van der Waals surface area contributed by atoms with Crippen molar-refractivity contribution in [3.63, 3.8) is 0 Å². The lowest BCUT2D eigenvalue weighted by atomic mass is 9.45. The molecular formula is C21H28O6. The summed E-state index contributed by atoms with van der Waals surface area (Å²) in [4.78, 5) is 37.6. The predicted octanol–water partition coefficient (Wildman–Crippen LogP) is 0.961. The third-order valence-electron chi connectivity index (χ3n) is 8.43. The van der Waals surface area contributed by atoms with Gasteiger partial charge in [-0.1, -0.05) is 13.8 Å². The van der Waals surface area contributed by atoms with Gasteiger partial charge in [0.25, 0.3) is 0 Å². The highest BCUT2D eigenvalue weighted by atomic mass is 16.3. The van der Waals surface area contributed by atoms with Crippen molar-refractivity contribution in [2.45, 2.75) is 64.1 Å². The van der Waals surface area contributed by atoms with Gasteiger partial charge < -0.3 is 15.3 Å². The van der Waals surface area contributed by atoms with Gasteiger partial charge in [-0.25, -0.2) is 0 Å². The Morgan fingerprint density at radius 2 is 1.96 bits per heavy atom. The van der Waals surface area contributed by atoms with Crippen LogP contribution in [0.4, 0.5) is 0 Å². The van der Waals surface area contributed by atoms with Crippen LogP contribution in [0.25, 0.3) is 0 Å². The fourth-order valence-corrected chi connectivity index (χ4v) is 7.03. The summed E-state index contributed by atoms with van der Waals surface area (Å²) >= 11 is 0. The first-order valence-corrected chi connectivity index (χ1v) is 9.91. The molecule has 0 aromatic carbocycles. The van der Waals surface area contributed by atoms with Crippen LogP contribution < -0.4 is 0 Å². The number of carbonyl (C=O) groups excluding carboxylic acids is 3. The Hall–Kier alpha value is -1.37. The molecule has 0 aliphatic heterocycles. The van der Waals surface area contributed by atoms with Crippen molar-refractivity contribution in [2.24, 2.45) is 28.6 Å². The number of aliphatic hydroxyl groups is 3. The fraction of sp³-hybridized carbons (Fsp3) is 0.762. The highest BCUT2D eigenvalue weighted by Crippen LogP contribution is 2.66. The minimum atomic E-state index is -1.70. The van der Waals surface area contributed by atoms with Crippen LogP contribution in [0.15, 0.2) is 11.6 Å². The number of carbonyl (C=O) groups is 3. The van der Waals surface area contributed by atoms with Crippen LogP contribution in [0.1, 0.15) is 52.4 Å². The summed E-state index contributed by atoms with van der Waals surface area (Å²) in [6.07, 6.45) is 2.96. The number of ketones is 3. The summed E-state index contributed by atoms with van der Waals surface area (Å²) in [5, 5.41) is 31.3. The lowest BCUT2D eigenvalue weighted by Crippen LogP contribution is -2.62. The highest BCUT2D eigenvalue weighted by molar-refractivity contribution is 5.94. The third-order valence-corrected chi connectivity index (χ3v) is 8.43. The third kappa shape index (κ3) is 2.26. The summed E-state index contributed by atoms with van der Waals surface area (Å²) in [7, 11) is 0. The second-order valence-electron chi connectivity index (χ2n) is 9.52. The lowest BCUT2D eigenvalue weighted by molar-refractivity contribution is -0.172. The lowest BCUT2D eigenvalue weighted by Gasteiger charge is -2.58. The Labute approximate surface area is 158 Å². The van der Waals surface area contributed by atoms with Crippen LogP contribution in [0.2, 0.25) is 0 Å². The van der Waals surface area contributed by atoms with Crippen LogP contribution in [0.5, 0.6) is 0 Å². The molecule has 0 aromatic heterocycles. The van der Waals surface area contributed by atoms with E-state index in [0.29, 0.717) is 31.3 Å². The molecule has 0 aromatic rings. The fourth-order valence-electron chi connectivity index (χ4n) is 7.03. The van der Waals surface area contributed by atoms with E-state index in [0.717, 1.165) is 0 Å². The molecule has 0 unspecified atom stereocenters. The van der Waals surface area contributed by atoms with Gasteiger partial charge in [0.1, 0.15) is 18.0 Å². The molecule has 0 amide bonds. The maximum absolute atomic E-state index is 13.3. The van der Waals surface area contributed by atoms with E-state index in [2.05, 4.69) is 0 Å². The van der Waals surface area contributed by atoms with Gasteiger partial charge in [0.05, 0.1) is 6.10 Å². The largest absolute Gasteiger partial charge is 0.389 e. The molecular weight excluding hydrogens is 348 g/mol. The molecule has 4 aliphatic carbocycles. The average Bonchev–Trinajstić information content (AvgIpc) is 2.87. The monoisotopic (exact) mass is 376 g/mol. The normalized spacial score (nSPS) is 49.1. The zero-order valence-corrected chi connectivity index (χ0v) is 15.9. The van der Waals surface area contributed by atoms with Crippen LogP contribution >= 0.6 is 0 Å². The maximum atomic E-state index is 13.3. The average molecular weight is 376 g/mol. The summed E-state index contributed by atoms with van der Waals surface area (Å²) in [5.74, 6) is -1.14. The van der Waals surface area contributed by atoms with Gasteiger partial charge in [0.15, 0.2) is 11.6 Å². The van der Waals surface area contributed by atoms with E-state index in [1.54, 1.807) is 6.92 Å². The topological polar surface area (TPSA) is 112 Å². The second kappa shape index (κ2) is 5.82. The number of hydrogen-bond acceptors (Lipinski definition) is 6. The molecule has 3 N–H and O–H groups in total. The van der Waals surface area contributed by atoms with Crippen molar-refractivity contribution in [3.05, 3.63) is 11.6 Å². The molecule has 4 rings (SSSR count). The van der Waals surface area contributed by atoms with E-state index in [-0.39, 0.29) is 42.2 Å². The van der Waals surface area contributed by atoms with Crippen molar-refractivity contribution in [3.8, 4) is 0 Å². The molecule has 3 fully saturated rings. The van der Waals surface area contributed by atoms with Gasteiger partial charge in [-0.15, -0.1) is 0 Å². The summed E-state index contributed by atoms with van der Waals surface area (Å²) in [5.41, 5.74) is -2.49. The van der Waals surface area contributed by atoms with E-state index in [4.69, 9.17) is 0 Å². The first-order chi connectivity index (χ1) is 12.6. The predicted molar refractivity (Wildman–Crippen MR) is 95.5 cm³/mol. The van der Waals surface area contributed by atoms with Crippen molar-refractivity contribution >= 4 is 17.3 Å². The van der Waals surface area contributed by atoms with Gasteiger partial charge in [-0.3, -0.25) is 14.4 Å². The van der Waals surface area contributed by atoms with Crippen LogP contribution in [0.3, 0.4) is 0 Å². The molecule has 0 saturated heterocycles. The molecule has 4 aliphatic rings. The molecule has 0 heterocycles. The molecule has 3 saturated carbocycles. The van der Waals surface area contributed by atoms with Gasteiger partial charge in [0, 0.05) is 29.6 Å². The number of fused-ring (bicyclic) bond motifs is 5. The Kier molecular flexibility index (Phi) is 4.09. The molecule has 6 heteroatoms. The van der Waals surface area contributed by atoms with Crippen molar-refractivity contribution < 1.29 is 29.7 Å². The Balaban J connectivity index is 1.78. The van der Waals surface area contributed by atoms with E-state index in [9.17, 15) is 29.7 Å². The number of hydrogen-bond donors (Lipinski definition) is 3. The molecule has 27 heavy (non-hydrogen) atoms. The smallest absolute Gasteiger partial charge is 0.190 e. The standard InChI is InChI=1S/C21H28O6/c1-19-5-3-11(23)7-14(19)15(24)8-12-13-4-6-21(27,17(26)10-22)20(13,2)9-16(25)18(12)19/h7,12-13,15,18,22,24,27H,3-6,8-10H2,1-2H3/t12-,13+,15-,18-,19-,20-,21-/m0/s1. The first-order valence-electron chi connectivity index (χ1n) is 9.91.